The molecule has 0 bridgehead atoms. The minimum Gasteiger partial charge on any atom is -0.456 e. The van der Waals surface area contributed by atoms with Gasteiger partial charge in [-0.3, -0.25) is 0 Å². The van der Waals surface area contributed by atoms with Gasteiger partial charge in [-0.05, 0) is 86.3 Å². The lowest BCUT2D eigenvalue weighted by Crippen LogP contribution is -2.10. The van der Waals surface area contributed by atoms with Gasteiger partial charge in [0.05, 0.1) is 0 Å². The molecule has 0 saturated heterocycles. The summed E-state index contributed by atoms with van der Waals surface area (Å²) in [5, 5.41) is 4.67. The molecule has 8 aromatic rings. The van der Waals surface area contributed by atoms with Gasteiger partial charge in [-0.15, -0.1) is 0 Å². The summed E-state index contributed by atoms with van der Waals surface area (Å²) in [6.45, 7) is 6.80. The SMILES string of the molecule is CC(C)(C)c1ccc(-c2cc3c4c(c2)-c2ccc5c(oc6ccccc65)c2C4c2c-3ccc3c2oc2ccccc23)cc1. The molecule has 0 aliphatic heterocycles. The van der Waals surface area contributed by atoms with E-state index in [1.165, 1.54) is 66.4 Å². The molecule has 0 atom stereocenters. The van der Waals surface area contributed by atoms with Gasteiger partial charge >= 0.3 is 0 Å². The fourth-order valence-corrected chi connectivity index (χ4v) is 7.83. The van der Waals surface area contributed by atoms with Crippen molar-refractivity contribution in [2.45, 2.75) is 32.1 Å². The van der Waals surface area contributed by atoms with E-state index in [-0.39, 0.29) is 11.3 Å². The standard InChI is InChI=1S/C41H28O2/c1-41(2,3)24-14-12-22(13-15-24)23-20-31-27-16-18-29-25-8-4-6-10-33(25)42-39(29)36(27)38-35(31)32(21-23)28-17-19-30-26-9-5-7-11-34(26)43-40(30)37(28)38/h4-21,38H,1-3H3. The smallest absolute Gasteiger partial charge is 0.140 e. The van der Waals surface area contributed by atoms with Crippen LogP contribution in [-0.2, 0) is 5.41 Å². The molecule has 2 heteroatoms. The summed E-state index contributed by atoms with van der Waals surface area (Å²) < 4.78 is 13.4. The van der Waals surface area contributed by atoms with Crippen molar-refractivity contribution in [3.63, 3.8) is 0 Å². The van der Waals surface area contributed by atoms with Gasteiger partial charge in [-0.25, -0.2) is 0 Å². The summed E-state index contributed by atoms with van der Waals surface area (Å²) >= 11 is 0. The van der Waals surface area contributed by atoms with E-state index in [1.54, 1.807) is 0 Å². The van der Waals surface area contributed by atoms with E-state index < -0.39 is 0 Å². The van der Waals surface area contributed by atoms with Crippen LogP contribution in [-0.4, -0.2) is 0 Å². The van der Waals surface area contributed by atoms with Gasteiger partial charge in [0.25, 0.3) is 0 Å². The van der Waals surface area contributed by atoms with E-state index in [4.69, 9.17) is 8.83 Å². The van der Waals surface area contributed by atoms with Crippen molar-refractivity contribution in [1.29, 1.82) is 0 Å². The zero-order valence-electron chi connectivity index (χ0n) is 24.3. The van der Waals surface area contributed by atoms with Crippen LogP contribution in [0.25, 0.3) is 77.3 Å². The van der Waals surface area contributed by atoms with Gasteiger partial charge in [-0.2, -0.15) is 0 Å². The first-order valence-electron chi connectivity index (χ1n) is 15.1. The fraction of sp³-hybridized carbons (Fsp3) is 0.122. The van der Waals surface area contributed by atoms with Crippen LogP contribution in [0.3, 0.4) is 0 Å². The second-order valence-electron chi connectivity index (χ2n) is 13.2. The lowest BCUT2D eigenvalue weighted by Gasteiger charge is -2.19. The molecule has 6 aromatic carbocycles. The van der Waals surface area contributed by atoms with Crippen LogP contribution >= 0.6 is 0 Å². The topological polar surface area (TPSA) is 26.3 Å². The van der Waals surface area contributed by atoms with Crippen molar-refractivity contribution in [2.24, 2.45) is 0 Å². The van der Waals surface area contributed by atoms with E-state index in [9.17, 15) is 0 Å². The Balaban J connectivity index is 1.31. The van der Waals surface area contributed by atoms with E-state index in [2.05, 4.69) is 130 Å². The van der Waals surface area contributed by atoms with Gasteiger partial charge in [0.1, 0.15) is 22.3 Å². The van der Waals surface area contributed by atoms with Crippen molar-refractivity contribution < 1.29 is 8.83 Å². The minimum atomic E-state index is 0.0563. The van der Waals surface area contributed by atoms with Crippen molar-refractivity contribution in [3.05, 3.63) is 131 Å². The van der Waals surface area contributed by atoms with Gasteiger partial charge < -0.3 is 8.83 Å². The maximum Gasteiger partial charge on any atom is 0.140 e. The Labute approximate surface area is 249 Å². The van der Waals surface area contributed by atoms with E-state index >= 15 is 0 Å². The fourth-order valence-electron chi connectivity index (χ4n) is 7.83. The predicted molar refractivity (Wildman–Crippen MR) is 177 cm³/mol. The summed E-state index contributed by atoms with van der Waals surface area (Å²) in [5.41, 5.74) is 16.8. The zero-order chi connectivity index (χ0) is 28.6. The Morgan fingerprint density at radius 2 is 0.977 bits per heavy atom. The number of furan rings is 2. The van der Waals surface area contributed by atoms with Crippen LogP contribution in [0.1, 0.15) is 48.9 Å². The third kappa shape index (κ3) is 2.98. The first kappa shape index (κ1) is 23.5. The molecule has 0 spiro atoms. The highest BCUT2D eigenvalue weighted by atomic mass is 16.3. The maximum atomic E-state index is 6.70. The lowest BCUT2D eigenvalue weighted by molar-refractivity contribution is 0.590. The average molecular weight is 553 g/mol. The van der Waals surface area contributed by atoms with Crippen molar-refractivity contribution in [2.75, 3.05) is 0 Å². The molecule has 204 valence electrons. The van der Waals surface area contributed by atoms with Crippen molar-refractivity contribution in [3.8, 4) is 33.4 Å². The predicted octanol–water partition coefficient (Wildman–Crippen LogP) is 11.6. The van der Waals surface area contributed by atoms with E-state index in [1.807, 2.05) is 0 Å². The minimum absolute atomic E-state index is 0.0563. The summed E-state index contributed by atoms with van der Waals surface area (Å²) in [6, 6.07) is 39.9. The van der Waals surface area contributed by atoms with Gasteiger partial charge in [0.15, 0.2) is 0 Å². The zero-order valence-corrected chi connectivity index (χ0v) is 24.3. The first-order chi connectivity index (χ1) is 21.0. The highest BCUT2D eigenvalue weighted by Gasteiger charge is 2.43. The molecule has 0 unspecified atom stereocenters. The molecule has 0 fully saturated rings. The Bertz CT molecular complexity index is 2330. The van der Waals surface area contributed by atoms with Crippen LogP contribution < -0.4 is 0 Å². The normalized spacial score (nSPS) is 13.8. The average Bonchev–Trinajstić information content (AvgIpc) is 3.76. The number of hydrogen-bond acceptors (Lipinski definition) is 2. The Morgan fingerprint density at radius 1 is 0.465 bits per heavy atom. The Hall–Kier alpha value is -5.08. The molecule has 2 nitrogen and oxygen atoms in total. The molecule has 2 aliphatic rings. The molecule has 0 radical (unpaired) electrons. The molecule has 2 heterocycles. The third-order valence-electron chi connectivity index (χ3n) is 9.88. The molecular weight excluding hydrogens is 524 g/mol. The summed E-state index contributed by atoms with van der Waals surface area (Å²) in [6.07, 6.45) is 0. The molecule has 0 saturated carbocycles. The largest absolute Gasteiger partial charge is 0.456 e. The van der Waals surface area contributed by atoms with Gasteiger partial charge in [-0.1, -0.05) is 93.6 Å². The second kappa shape index (κ2) is 7.85. The highest BCUT2D eigenvalue weighted by Crippen LogP contribution is 2.62. The summed E-state index contributed by atoms with van der Waals surface area (Å²) in [7, 11) is 0. The quantitative estimate of drug-likeness (QED) is 0.202. The van der Waals surface area contributed by atoms with E-state index in [0.717, 1.165) is 33.1 Å². The maximum absolute atomic E-state index is 6.70. The van der Waals surface area contributed by atoms with Crippen molar-refractivity contribution in [1.82, 2.24) is 0 Å². The number of hydrogen-bond donors (Lipinski definition) is 0. The van der Waals surface area contributed by atoms with Crippen LogP contribution in [0, 0.1) is 0 Å². The van der Waals surface area contributed by atoms with Crippen LogP contribution in [0.5, 0.6) is 0 Å². The van der Waals surface area contributed by atoms with Crippen LogP contribution in [0.15, 0.2) is 118 Å². The number of para-hydroxylation sites is 2. The Morgan fingerprint density at radius 3 is 1.49 bits per heavy atom. The number of fused-ring (bicyclic) bond motifs is 14. The first-order valence-corrected chi connectivity index (χ1v) is 15.1. The molecule has 2 aromatic heterocycles. The molecule has 0 amide bonds. The molecular formula is C41H28O2. The van der Waals surface area contributed by atoms with E-state index in [0.29, 0.717) is 0 Å². The van der Waals surface area contributed by atoms with Gasteiger partial charge in [0, 0.05) is 38.6 Å². The third-order valence-corrected chi connectivity index (χ3v) is 9.88. The summed E-state index contributed by atoms with van der Waals surface area (Å²) in [5.74, 6) is 0.0563. The number of rotatable bonds is 1. The summed E-state index contributed by atoms with van der Waals surface area (Å²) in [4.78, 5) is 0. The monoisotopic (exact) mass is 552 g/mol. The van der Waals surface area contributed by atoms with Crippen LogP contribution in [0.2, 0.25) is 0 Å². The highest BCUT2D eigenvalue weighted by molar-refractivity contribution is 6.14. The lowest BCUT2D eigenvalue weighted by atomic mass is 9.86. The van der Waals surface area contributed by atoms with Gasteiger partial charge in [0.2, 0.25) is 0 Å². The van der Waals surface area contributed by atoms with Crippen molar-refractivity contribution >= 4 is 43.9 Å². The van der Waals surface area contributed by atoms with Crippen LogP contribution in [0.4, 0.5) is 0 Å². The molecule has 0 N–H and O–H groups in total. The molecule has 2 aliphatic carbocycles. The Kier molecular flexibility index (Phi) is 4.28. The number of benzene rings is 6. The molecule has 10 rings (SSSR count). The second-order valence-corrected chi connectivity index (χ2v) is 13.2. The molecule has 43 heavy (non-hydrogen) atoms.